The number of esters is 1. The number of hydrogen-bond acceptors (Lipinski definition) is 7. The molecule has 0 aromatic heterocycles. The van der Waals surface area contributed by atoms with Crippen molar-refractivity contribution >= 4 is 22.6 Å². The SMILES string of the molecule is CC[C@H](O[Si](CC)(CC)C(C)C)[C@@H](C)[C@H]1O[C@@H]1C[C@H](C)C=CC=C(C)[C@H]1OC(=O)C[C@H](O[Si](C)(C)C(C)(C)C)CC[C@@]2(C)O[C@@H](c3ccccc3)O[C@H]2C=C[C@@H]1C. The molecule has 0 aliphatic carbocycles. The lowest BCUT2D eigenvalue weighted by Crippen LogP contribution is -2.45. The molecule has 0 radical (unpaired) electrons. The molecule has 1 aromatic rings. The number of allylic oxidation sites excluding steroid dienone is 3. The van der Waals surface area contributed by atoms with Gasteiger partial charge in [0.15, 0.2) is 22.9 Å². The Labute approximate surface area is 350 Å². The van der Waals surface area contributed by atoms with E-state index in [0.29, 0.717) is 30.2 Å². The van der Waals surface area contributed by atoms with Gasteiger partial charge in [-0.15, -0.1) is 0 Å². The van der Waals surface area contributed by atoms with Crippen LogP contribution < -0.4 is 0 Å². The van der Waals surface area contributed by atoms with Crippen LogP contribution in [0.4, 0.5) is 0 Å². The minimum absolute atomic E-state index is 0.00331. The van der Waals surface area contributed by atoms with Crippen LogP contribution in [0.15, 0.2) is 66.3 Å². The lowest BCUT2D eigenvalue weighted by molar-refractivity contribution is -0.151. The zero-order valence-electron chi connectivity index (χ0n) is 38.4. The maximum Gasteiger partial charge on any atom is 0.308 e. The molecule has 7 nitrogen and oxygen atoms in total. The van der Waals surface area contributed by atoms with Gasteiger partial charge in [0.25, 0.3) is 0 Å². The number of hydrogen-bond donors (Lipinski definition) is 0. The number of epoxide rings is 1. The maximum atomic E-state index is 13.8. The molecule has 3 heterocycles. The average Bonchev–Trinajstić information content (AvgIpc) is 3.83. The Morgan fingerprint density at radius 1 is 1.02 bits per heavy atom. The molecule has 0 N–H and O–H groups in total. The number of benzene rings is 1. The Kier molecular flexibility index (Phi) is 16.9. The van der Waals surface area contributed by atoms with E-state index in [1.54, 1.807) is 0 Å². The first-order valence-electron chi connectivity index (χ1n) is 22.3. The van der Waals surface area contributed by atoms with Gasteiger partial charge in [-0.05, 0) is 86.8 Å². The number of fused-ring (bicyclic) bond motifs is 1. The van der Waals surface area contributed by atoms with E-state index in [4.69, 9.17) is 27.8 Å². The molecule has 4 rings (SSSR count). The van der Waals surface area contributed by atoms with Gasteiger partial charge in [-0.25, -0.2) is 0 Å². The average molecular weight is 825 g/mol. The largest absolute Gasteiger partial charge is 0.457 e. The van der Waals surface area contributed by atoms with Gasteiger partial charge in [0.2, 0.25) is 0 Å². The van der Waals surface area contributed by atoms with Crippen molar-refractivity contribution in [1.82, 2.24) is 0 Å². The van der Waals surface area contributed by atoms with Crippen LogP contribution in [0.3, 0.4) is 0 Å². The summed E-state index contributed by atoms with van der Waals surface area (Å²) in [6, 6.07) is 12.5. The van der Waals surface area contributed by atoms with Crippen molar-refractivity contribution in [1.29, 1.82) is 0 Å². The Balaban J connectivity index is 1.49. The summed E-state index contributed by atoms with van der Waals surface area (Å²) < 4.78 is 40.0. The van der Waals surface area contributed by atoms with Crippen LogP contribution >= 0.6 is 0 Å². The molecule has 3 aliphatic heterocycles. The number of ether oxygens (including phenoxy) is 4. The predicted molar refractivity (Wildman–Crippen MR) is 239 cm³/mol. The van der Waals surface area contributed by atoms with Crippen LogP contribution in [0.5, 0.6) is 0 Å². The van der Waals surface area contributed by atoms with Gasteiger partial charge in [-0.1, -0.05) is 137 Å². The molecule has 322 valence electrons. The second kappa shape index (κ2) is 20.1. The van der Waals surface area contributed by atoms with Crippen LogP contribution in [0.2, 0.25) is 35.8 Å². The summed E-state index contributed by atoms with van der Waals surface area (Å²) in [6.45, 7) is 33.7. The van der Waals surface area contributed by atoms with Crippen molar-refractivity contribution in [3.05, 3.63) is 71.8 Å². The van der Waals surface area contributed by atoms with Gasteiger partial charge in [-0.2, -0.15) is 0 Å². The highest BCUT2D eigenvalue weighted by atomic mass is 28.4. The molecular weight excluding hydrogens is 745 g/mol. The summed E-state index contributed by atoms with van der Waals surface area (Å²) >= 11 is 0. The lowest BCUT2D eigenvalue weighted by atomic mass is 9.89. The third-order valence-electron chi connectivity index (χ3n) is 13.9. The van der Waals surface area contributed by atoms with Crippen molar-refractivity contribution in [2.45, 2.75) is 206 Å². The first-order valence-corrected chi connectivity index (χ1v) is 27.6. The number of carbonyl (C=O) groups is 1. The van der Waals surface area contributed by atoms with Crippen molar-refractivity contribution in [3.8, 4) is 0 Å². The van der Waals surface area contributed by atoms with E-state index >= 15 is 0 Å². The van der Waals surface area contributed by atoms with Gasteiger partial charge < -0.3 is 27.8 Å². The van der Waals surface area contributed by atoms with Crippen molar-refractivity contribution in [3.63, 3.8) is 0 Å². The number of rotatable bonds is 16. The Bertz CT molecular complexity index is 1510. The normalized spacial score (nSPS) is 31.1. The first-order chi connectivity index (χ1) is 26.7. The molecule has 0 saturated carbocycles. The second-order valence-corrected chi connectivity index (χ2v) is 29.3. The summed E-state index contributed by atoms with van der Waals surface area (Å²) in [5.74, 6) is 0.399. The van der Waals surface area contributed by atoms with Gasteiger partial charge in [0.05, 0.1) is 30.3 Å². The summed E-state index contributed by atoms with van der Waals surface area (Å²) in [5, 5.41) is 0.00331. The molecule has 0 amide bonds. The molecule has 3 aliphatic rings. The molecule has 2 fully saturated rings. The zero-order valence-corrected chi connectivity index (χ0v) is 40.4. The van der Waals surface area contributed by atoms with E-state index in [1.807, 2.05) is 18.2 Å². The molecule has 0 unspecified atom stereocenters. The third kappa shape index (κ3) is 12.4. The predicted octanol–water partition coefficient (Wildman–Crippen LogP) is 12.7. The van der Waals surface area contributed by atoms with Crippen molar-refractivity contribution in [2.75, 3.05) is 0 Å². The standard InChI is InChI=1S/C48H80O7Si2/c1-16-40(55-57(17-2,18-3)33(4)5)37(9)45-41(50-45)31-34(6)23-22-24-35(7)44-36(8)27-28-42-48(13,53-46(51-42)38-25-20-19-21-26-38)30-29-39(32-43(49)52-44)54-56(14,15)47(10,11)12/h19-28,33-34,36-37,39-42,44-46H,16-18,29-32H2,1-15H3/t34-,36+,37-,39-,40+,41-,42+,44-,45-,46+,48-/m1/s1. The molecule has 9 heteroatoms. The van der Waals surface area contributed by atoms with Crippen molar-refractivity contribution in [2.24, 2.45) is 17.8 Å². The fourth-order valence-corrected chi connectivity index (χ4v) is 13.7. The molecule has 11 atom stereocenters. The summed E-state index contributed by atoms with van der Waals surface area (Å²) in [5.41, 5.74) is 2.01. The van der Waals surface area contributed by atoms with Crippen LogP contribution in [-0.4, -0.2) is 64.8 Å². The topological polar surface area (TPSA) is 75.8 Å². The fourth-order valence-electron chi connectivity index (χ4n) is 8.62. The third-order valence-corrected chi connectivity index (χ3v) is 23.7. The molecule has 2 saturated heterocycles. The Morgan fingerprint density at radius 3 is 2.28 bits per heavy atom. The molecule has 57 heavy (non-hydrogen) atoms. The van der Waals surface area contributed by atoms with E-state index in [9.17, 15) is 4.79 Å². The minimum atomic E-state index is -2.19. The number of carbonyl (C=O) groups excluding carboxylic acids is 1. The van der Waals surface area contributed by atoms with Gasteiger partial charge in [0, 0.05) is 23.5 Å². The maximum absolute atomic E-state index is 13.8. The number of cyclic esters (lactones) is 1. The van der Waals surface area contributed by atoms with Crippen LogP contribution in [0.1, 0.15) is 134 Å². The zero-order chi connectivity index (χ0) is 42.3. The van der Waals surface area contributed by atoms with Gasteiger partial charge in [-0.3, -0.25) is 4.79 Å². The van der Waals surface area contributed by atoms with Gasteiger partial charge >= 0.3 is 5.97 Å². The quantitative estimate of drug-likeness (QED) is 0.0540. The van der Waals surface area contributed by atoms with Crippen molar-refractivity contribution < 1.29 is 32.6 Å². The first kappa shape index (κ1) is 47.8. The molecule has 0 spiro atoms. The van der Waals surface area contributed by atoms with E-state index in [2.05, 4.69) is 146 Å². The molecule has 1 aromatic carbocycles. The van der Waals surface area contributed by atoms with Gasteiger partial charge in [0.1, 0.15) is 12.2 Å². The fraction of sp³-hybridized carbons (Fsp3) is 0.729. The molecule has 0 bridgehead atoms. The summed E-state index contributed by atoms with van der Waals surface area (Å²) in [4.78, 5) is 13.8. The van der Waals surface area contributed by atoms with Crippen LogP contribution in [-0.2, 0) is 32.6 Å². The smallest absolute Gasteiger partial charge is 0.308 e. The summed E-state index contributed by atoms with van der Waals surface area (Å²) in [7, 11) is -3.97. The van der Waals surface area contributed by atoms with Crippen LogP contribution in [0, 0.1) is 17.8 Å². The highest BCUT2D eigenvalue weighted by Crippen LogP contribution is 2.44. The molecular formula is C48H80O7Si2. The Morgan fingerprint density at radius 2 is 1.68 bits per heavy atom. The monoisotopic (exact) mass is 825 g/mol. The minimum Gasteiger partial charge on any atom is -0.457 e. The second-order valence-electron chi connectivity index (χ2n) is 19.6. The highest BCUT2D eigenvalue weighted by Gasteiger charge is 2.49. The highest BCUT2D eigenvalue weighted by molar-refractivity contribution is 6.75. The lowest BCUT2D eigenvalue weighted by Gasteiger charge is -2.40. The summed E-state index contributed by atoms with van der Waals surface area (Å²) in [6.07, 6.45) is 13.6. The van der Waals surface area contributed by atoms with E-state index in [0.717, 1.165) is 36.1 Å². The van der Waals surface area contributed by atoms with Crippen LogP contribution in [0.25, 0.3) is 0 Å². The van der Waals surface area contributed by atoms with E-state index in [-0.39, 0.29) is 53.9 Å². The van der Waals surface area contributed by atoms with E-state index in [1.165, 1.54) is 0 Å². The Hall–Kier alpha value is -1.86. The van der Waals surface area contributed by atoms with E-state index < -0.39 is 34.6 Å².